The van der Waals surface area contributed by atoms with Crippen molar-refractivity contribution < 1.29 is 19.2 Å². The molecule has 0 radical (unpaired) electrons. The van der Waals surface area contributed by atoms with E-state index in [-0.39, 0.29) is 22.8 Å². The second-order valence-electron chi connectivity index (χ2n) is 3.95. The number of carbonyl (C=O) groups excluding carboxylic acids is 2. The summed E-state index contributed by atoms with van der Waals surface area (Å²) in [6.07, 6.45) is 0. The van der Waals surface area contributed by atoms with Crippen molar-refractivity contribution in [2.24, 2.45) is 0 Å². The predicted octanol–water partition coefficient (Wildman–Crippen LogP) is 0.741. The van der Waals surface area contributed by atoms with Crippen LogP contribution >= 0.6 is 11.6 Å². The van der Waals surface area contributed by atoms with Crippen LogP contribution in [0.1, 0.15) is 10.4 Å². The van der Waals surface area contributed by atoms with Crippen LogP contribution in [0.25, 0.3) is 0 Å². The Balaban J connectivity index is 2.61. The van der Waals surface area contributed by atoms with E-state index in [1.807, 2.05) is 0 Å². The molecule has 1 rings (SSSR count). The molecule has 0 aliphatic carbocycles. The molecule has 0 atom stereocenters. The van der Waals surface area contributed by atoms with E-state index in [0.29, 0.717) is 13.2 Å². The summed E-state index contributed by atoms with van der Waals surface area (Å²) in [6, 6.07) is 3.50. The first-order valence-corrected chi connectivity index (χ1v) is 6.31. The molecule has 0 bridgehead atoms. The van der Waals surface area contributed by atoms with Crippen molar-refractivity contribution in [1.29, 1.82) is 0 Å². The molecule has 2 amide bonds. The minimum atomic E-state index is -0.661. The Morgan fingerprint density at radius 1 is 1.38 bits per heavy atom. The number of hydrogen-bond acceptors (Lipinski definition) is 5. The third kappa shape index (κ3) is 5.36. The van der Waals surface area contributed by atoms with Crippen molar-refractivity contribution in [3.8, 4) is 0 Å². The molecule has 0 unspecified atom stereocenters. The number of nitrogens with zero attached hydrogens (tertiary/aromatic N) is 1. The molecule has 2 N–H and O–H groups in total. The van der Waals surface area contributed by atoms with Gasteiger partial charge in [-0.2, -0.15) is 0 Å². The topological polar surface area (TPSA) is 111 Å². The number of methoxy groups -OCH3 is 1. The van der Waals surface area contributed by atoms with Crippen LogP contribution in [-0.4, -0.2) is 43.5 Å². The van der Waals surface area contributed by atoms with Gasteiger partial charge in [0.1, 0.15) is 0 Å². The lowest BCUT2D eigenvalue weighted by atomic mass is 10.2. The highest BCUT2D eigenvalue weighted by atomic mass is 35.5. The lowest BCUT2D eigenvalue weighted by Gasteiger charge is -2.07. The molecule has 114 valence electrons. The summed E-state index contributed by atoms with van der Waals surface area (Å²) in [5, 5.41) is 15.6. The van der Waals surface area contributed by atoms with Crippen molar-refractivity contribution in [1.82, 2.24) is 10.6 Å². The van der Waals surface area contributed by atoms with Crippen molar-refractivity contribution in [3.63, 3.8) is 0 Å². The summed E-state index contributed by atoms with van der Waals surface area (Å²) in [7, 11) is 1.50. The standard InChI is InChI=1S/C12H14ClN3O5/c1-21-5-4-14-11(17)7-15-12(18)9-6-8(16(19)20)2-3-10(9)13/h2-3,6H,4-5,7H2,1H3,(H,14,17)(H,15,18). The highest BCUT2D eigenvalue weighted by Gasteiger charge is 2.16. The van der Waals surface area contributed by atoms with Crippen molar-refractivity contribution in [3.05, 3.63) is 38.9 Å². The largest absolute Gasteiger partial charge is 0.383 e. The number of amides is 2. The molecule has 9 heteroatoms. The maximum atomic E-state index is 11.9. The molecular weight excluding hydrogens is 302 g/mol. The fraction of sp³-hybridized carbons (Fsp3) is 0.333. The van der Waals surface area contributed by atoms with Crippen LogP contribution in [0, 0.1) is 10.1 Å². The first-order chi connectivity index (χ1) is 9.95. The number of ether oxygens (including phenoxy) is 1. The van der Waals surface area contributed by atoms with Crippen molar-refractivity contribution >= 4 is 29.1 Å². The van der Waals surface area contributed by atoms with Crippen LogP contribution in [0.3, 0.4) is 0 Å². The molecule has 0 heterocycles. The van der Waals surface area contributed by atoms with Gasteiger partial charge in [0, 0.05) is 25.8 Å². The van der Waals surface area contributed by atoms with Gasteiger partial charge in [0.25, 0.3) is 11.6 Å². The monoisotopic (exact) mass is 315 g/mol. The summed E-state index contributed by atoms with van der Waals surface area (Å²) in [6.45, 7) is 0.417. The van der Waals surface area contributed by atoms with Gasteiger partial charge in [-0.05, 0) is 6.07 Å². The summed E-state index contributed by atoms with van der Waals surface area (Å²) in [5.41, 5.74) is -0.315. The summed E-state index contributed by atoms with van der Waals surface area (Å²) >= 11 is 5.81. The number of nitro groups is 1. The van der Waals surface area contributed by atoms with Crippen LogP contribution in [0.2, 0.25) is 5.02 Å². The maximum Gasteiger partial charge on any atom is 0.270 e. The van der Waals surface area contributed by atoms with E-state index >= 15 is 0 Å². The molecule has 1 aromatic rings. The van der Waals surface area contributed by atoms with Crippen molar-refractivity contribution in [2.45, 2.75) is 0 Å². The van der Waals surface area contributed by atoms with E-state index in [1.54, 1.807) is 0 Å². The molecule has 0 saturated heterocycles. The van der Waals surface area contributed by atoms with Gasteiger partial charge in [-0.3, -0.25) is 19.7 Å². The first-order valence-electron chi connectivity index (χ1n) is 5.93. The third-order valence-electron chi connectivity index (χ3n) is 2.44. The summed E-state index contributed by atoms with van der Waals surface area (Å²) < 4.78 is 4.76. The maximum absolute atomic E-state index is 11.9. The van der Waals surface area contributed by atoms with Gasteiger partial charge in [0.15, 0.2) is 0 Å². The minimum absolute atomic E-state index is 0.0597. The van der Waals surface area contributed by atoms with E-state index in [2.05, 4.69) is 10.6 Å². The fourth-order valence-corrected chi connectivity index (χ4v) is 1.61. The highest BCUT2D eigenvalue weighted by molar-refractivity contribution is 6.34. The smallest absolute Gasteiger partial charge is 0.270 e. The number of rotatable bonds is 7. The highest BCUT2D eigenvalue weighted by Crippen LogP contribution is 2.21. The Kier molecular flexibility index (Phi) is 6.57. The lowest BCUT2D eigenvalue weighted by Crippen LogP contribution is -2.38. The number of carbonyl (C=O) groups is 2. The van der Waals surface area contributed by atoms with Crippen LogP contribution < -0.4 is 10.6 Å². The summed E-state index contributed by atoms with van der Waals surface area (Å²) in [5.74, 6) is -1.06. The first kappa shape index (κ1) is 16.9. The molecule has 1 aromatic carbocycles. The van der Waals surface area contributed by atoms with Gasteiger partial charge in [-0.1, -0.05) is 11.6 Å². The van der Waals surface area contributed by atoms with Crippen LogP contribution in [-0.2, 0) is 9.53 Å². The Bertz CT molecular complexity index is 550. The molecule has 0 aromatic heterocycles. The third-order valence-corrected chi connectivity index (χ3v) is 2.77. The minimum Gasteiger partial charge on any atom is -0.383 e. The number of benzene rings is 1. The zero-order chi connectivity index (χ0) is 15.8. The SMILES string of the molecule is COCCNC(=O)CNC(=O)c1cc([N+](=O)[O-])ccc1Cl. The zero-order valence-corrected chi connectivity index (χ0v) is 12.0. The Morgan fingerprint density at radius 3 is 2.71 bits per heavy atom. The van der Waals surface area contributed by atoms with E-state index in [0.717, 1.165) is 6.07 Å². The van der Waals surface area contributed by atoms with Crippen LogP contribution in [0.4, 0.5) is 5.69 Å². The fourth-order valence-electron chi connectivity index (χ4n) is 1.41. The quantitative estimate of drug-likeness (QED) is 0.438. The van der Waals surface area contributed by atoms with Gasteiger partial charge in [-0.15, -0.1) is 0 Å². The molecule has 0 spiro atoms. The number of hydrogen-bond donors (Lipinski definition) is 2. The predicted molar refractivity (Wildman–Crippen MR) is 75.3 cm³/mol. The second kappa shape index (κ2) is 8.18. The van der Waals surface area contributed by atoms with Gasteiger partial charge in [0.05, 0.1) is 28.7 Å². The molecule has 0 aliphatic heterocycles. The number of non-ortho nitro benzene ring substituents is 1. The number of nitrogens with one attached hydrogen (secondary N) is 2. The van der Waals surface area contributed by atoms with Crippen molar-refractivity contribution in [2.75, 3.05) is 26.8 Å². The van der Waals surface area contributed by atoms with E-state index in [4.69, 9.17) is 16.3 Å². The van der Waals surface area contributed by atoms with E-state index in [9.17, 15) is 19.7 Å². The zero-order valence-electron chi connectivity index (χ0n) is 11.2. The van der Waals surface area contributed by atoms with Gasteiger partial charge >= 0.3 is 0 Å². The normalized spacial score (nSPS) is 10.0. The average molecular weight is 316 g/mol. The Hall–Kier alpha value is -2.19. The lowest BCUT2D eigenvalue weighted by molar-refractivity contribution is -0.384. The van der Waals surface area contributed by atoms with Gasteiger partial charge in [0.2, 0.25) is 5.91 Å². The van der Waals surface area contributed by atoms with E-state index < -0.39 is 16.7 Å². The number of nitro benzene ring substituents is 1. The molecule has 0 saturated carbocycles. The molecule has 0 aliphatic rings. The van der Waals surface area contributed by atoms with Crippen LogP contribution in [0.15, 0.2) is 18.2 Å². The molecule has 21 heavy (non-hydrogen) atoms. The summed E-state index contributed by atoms with van der Waals surface area (Å²) in [4.78, 5) is 33.3. The van der Waals surface area contributed by atoms with Crippen LogP contribution in [0.5, 0.6) is 0 Å². The average Bonchev–Trinajstić information content (AvgIpc) is 2.45. The Labute approximate surface area is 125 Å². The molecule has 8 nitrogen and oxygen atoms in total. The second-order valence-corrected chi connectivity index (χ2v) is 4.35. The van der Waals surface area contributed by atoms with E-state index in [1.165, 1.54) is 19.2 Å². The number of halogens is 1. The van der Waals surface area contributed by atoms with Gasteiger partial charge in [-0.25, -0.2) is 0 Å². The molecular formula is C12H14ClN3O5. The Morgan fingerprint density at radius 2 is 2.10 bits per heavy atom. The van der Waals surface area contributed by atoms with Gasteiger partial charge < -0.3 is 15.4 Å². The molecule has 0 fully saturated rings.